The van der Waals surface area contributed by atoms with Crippen LogP contribution in [0.1, 0.15) is 30.6 Å². The molecule has 1 saturated carbocycles. The molecule has 1 heterocycles. The van der Waals surface area contributed by atoms with Gasteiger partial charge in [-0.2, -0.15) is 0 Å². The first-order chi connectivity index (χ1) is 6.75. The number of Topliss-reactive ketones (excluding diaryl/α,β-unsaturated/α-hetero) is 1. The molecular weight excluding hydrogens is 260 g/mol. The summed E-state index contributed by atoms with van der Waals surface area (Å²) in [4.78, 5) is 12.9. The molecule has 0 aliphatic heterocycles. The molecule has 1 atom stereocenters. The van der Waals surface area contributed by atoms with Gasteiger partial charge in [0.25, 0.3) is 0 Å². The van der Waals surface area contributed by atoms with Gasteiger partial charge in [0.15, 0.2) is 0 Å². The van der Waals surface area contributed by atoms with Crippen molar-refractivity contribution in [3.8, 4) is 0 Å². The molecule has 1 unspecified atom stereocenters. The van der Waals surface area contributed by atoms with Gasteiger partial charge in [-0.15, -0.1) is 11.3 Å². The van der Waals surface area contributed by atoms with Gasteiger partial charge in [0, 0.05) is 27.1 Å². The number of hydrogen-bond acceptors (Lipinski definition) is 2. The van der Waals surface area contributed by atoms with Crippen LogP contribution in [0.2, 0.25) is 0 Å². The van der Waals surface area contributed by atoms with Gasteiger partial charge in [0.1, 0.15) is 5.78 Å². The Balaban J connectivity index is 1.99. The summed E-state index contributed by atoms with van der Waals surface area (Å²) in [5, 5.41) is 2.09. The molecule has 0 aromatic carbocycles. The molecule has 0 saturated heterocycles. The van der Waals surface area contributed by atoms with E-state index >= 15 is 0 Å². The number of hydrogen-bond donors (Lipinski definition) is 0. The number of thiophene rings is 1. The van der Waals surface area contributed by atoms with Crippen molar-refractivity contribution in [3.63, 3.8) is 0 Å². The Labute approximate surface area is 96.6 Å². The number of carbonyl (C=O) groups is 1. The molecule has 1 aliphatic carbocycles. The van der Waals surface area contributed by atoms with E-state index in [0.717, 1.165) is 30.2 Å². The third-order valence-corrected chi connectivity index (χ3v) is 4.47. The van der Waals surface area contributed by atoms with Gasteiger partial charge in [-0.05, 0) is 41.3 Å². The van der Waals surface area contributed by atoms with Gasteiger partial charge in [-0.1, -0.05) is 6.42 Å². The van der Waals surface area contributed by atoms with Crippen LogP contribution in [0.3, 0.4) is 0 Å². The topological polar surface area (TPSA) is 17.1 Å². The summed E-state index contributed by atoms with van der Waals surface area (Å²) in [6.07, 6.45) is 5.17. The van der Waals surface area contributed by atoms with Crippen LogP contribution < -0.4 is 0 Å². The summed E-state index contributed by atoms with van der Waals surface area (Å²) in [6.45, 7) is 0. The van der Waals surface area contributed by atoms with Crippen LogP contribution in [0.15, 0.2) is 15.9 Å². The van der Waals surface area contributed by atoms with Crippen LogP contribution in [0.5, 0.6) is 0 Å². The van der Waals surface area contributed by atoms with Crippen molar-refractivity contribution in [1.29, 1.82) is 0 Å². The molecule has 76 valence electrons. The fourth-order valence-electron chi connectivity index (χ4n) is 1.97. The second-order valence-electron chi connectivity index (χ2n) is 3.84. The molecule has 0 amide bonds. The van der Waals surface area contributed by atoms with Crippen molar-refractivity contribution in [2.45, 2.75) is 32.1 Å². The Morgan fingerprint density at radius 3 is 3.00 bits per heavy atom. The third-order valence-electron chi connectivity index (χ3n) is 2.75. The van der Waals surface area contributed by atoms with Crippen LogP contribution in [0.4, 0.5) is 0 Å². The number of halogens is 1. The minimum atomic E-state index is 0.300. The Morgan fingerprint density at radius 2 is 2.36 bits per heavy atom. The maximum Gasteiger partial charge on any atom is 0.136 e. The van der Waals surface area contributed by atoms with E-state index in [9.17, 15) is 4.79 Å². The number of carbonyl (C=O) groups excluding carboxylic acids is 1. The van der Waals surface area contributed by atoms with Gasteiger partial charge in [-0.3, -0.25) is 4.79 Å². The molecule has 1 aromatic rings. The number of ketones is 1. The van der Waals surface area contributed by atoms with Gasteiger partial charge in [0.2, 0.25) is 0 Å². The predicted octanol–water partition coefficient (Wildman–Crippen LogP) is 3.81. The lowest BCUT2D eigenvalue weighted by Gasteiger charge is -2.19. The average molecular weight is 273 g/mol. The normalized spacial score (nSPS) is 22.6. The molecule has 14 heavy (non-hydrogen) atoms. The molecule has 0 N–H and O–H groups in total. The Bertz CT molecular complexity index is 332. The Hall–Kier alpha value is -0.150. The zero-order chi connectivity index (χ0) is 9.97. The van der Waals surface area contributed by atoms with Crippen molar-refractivity contribution in [2.75, 3.05) is 0 Å². The maximum absolute atomic E-state index is 11.6. The first-order valence-corrected chi connectivity index (χ1v) is 6.68. The zero-order valence-corrected chi connectivity index (χ0v) is 10.4. The largest absolute Gasteiger partial charge is 0.299 e. The van der Waals surface area contributed by atoms with E-state index in [0.29, 0.717) is 11.7 Å². The summed E-state index contributed by atoms with van der Waals surface area (Å²) in [6, 6.07) is 2.13. The fourth-order valence-corrected chi connectivity index (χ4v) is 3.51. The lowest BCUT2D eigenvalue weighted by molar-refractivity contribution is -0.124. The summed E-state index contributed by atoms with van der Waals surface area (Å²) >= 11 is 5.18. The molecule has 2 rings (SSSR count). The highest BCUT2D eigenvalue weighted by Crippen LogP contribution is 2.28. The minimum absolute atomic E-state index is 0.300. The van der Waals surface area contributed by atoms with E-state index in [4.69, 9.17) is 0 Å². The summed E-state index contributed by atoms with van der Waals surface area (Å²) in [5.41, 5.74) is 0. The van der Waals surface area contributed by atoms with Crippen LogP contribution in [-0.4, -0.2) is 5.78 Å². The van der Waals surface area contributed by atoms with Crippen LogP contribution in [0.25, 0.3) is 0 Å². The summed E-state index contributed by atoms with van der Waals surface area (Å²) in [7, 11) is 0. The molecule has 1 aromatic heterocycles. The van der Waals surface area contributed by atoms with Crippen molar-refractivity contribution in [1.82, 2.24) is 0 Å². The van der Waals surface area contributed by atoms with Crippen LogP contribution >= 0.6 is 27.3 Å². The molecule has 3 heteroatoms. The second-order valence-corrected chi connectivity index (χ2v) is 5.76. The molecule has 1 fully saturated rings. The van der Waals surface area contributed by atoms with Crippen LogP contribution in [0, 0.1) is 5.92 Å². The molecule has 0 bridgehead atoms. The first-order valence-electron chi connectivity index (χ1n) is 5.01. The molecule has 0 radical (unpaired) electrons. The second kappa shape index (κ2) is 4.58. The van der Waals surface area contributed by atoms with Crippen LogP contribution in [-0.2, 0) is 11.2 Å². The lowest BCUT2D eigenvalue weighted by Crippen LogP contribution is -2.20. The monoisotopic (exact) mass is 272 g/mol. The van der Waals surface area contributed by atoms with Gasteiger partial charge < -0.3 is 0 Å². The van der Waals surface area contributed by atoms with E-state index in [1.165, 1.54) is 11.3 Å². The highest BCUT2D eigenvalue weighted by molar-refractivity contribution is 9.10. The fraction of sp³-hybridized carbons (Fsp3) is 0.545. The standard InChI is InChI=1S/C11H13BrOS/c12-9-6-10(14-7-9)5-8-3-1-2-4-11(8)13/h6-8H,1-5H2. The van der Waals surface area contributed by atoms with Crippen molar-refractivity contribution in [2.24, 2.45) is 5.92 Å². The van der Waals surface area contributed by atoms with Crippen molar-refractivity contribution < 1.29 is 4.79 Å². The summed E-state index contributed by atoms with van der Waals surface area (Å²) < 4.78 is 1.14. The average Bonchev–Trinajstić information content (AvgIpc) is 2.56. The maximum atomic E-state index is 11.6. The lowest BCUT2D eigenvalue weighted by atomic mass is 9.85. The smallest absolute Gasteiger partial charge is 0.136 e. The number of rotatable bonds is 2. The quantitative estimate of drug-likeness (QED) is 0.800. The van der Waals surface area contributed by atoms with E-state index in [1.54, 1.807) is 11.3 Å². The van der Waals surface area contributed by atoms with E-state index in [2.05, 4.69) is 27.4 Å². The van der Waals surface area contributed by atoms with Crippen molar-refractivity contribution in [3.05, 3.63) is 20.8 Å². The van der Waals surface area contributed by atoms with Crippen molar-refractivity contribution >= 4 is 33.0 Å². The first kappa shape index (κ1) is 10.4. The van der Waals surface area contributed by atoms with E-state index in [1.807, 2.05) is 0 Å². The molecular formula is C11H13BrOS. The highest BCUT2D eigenvalue weighted by Gasteiger charge is 2.22. The van der Waals surface area contributed by atoms with Gasteiger partial charge in [0.05, 0.1) is 0 Å². The minimum Gasteiger partial charge on any atom is -0.299 e. The SMILES string of the molecule is O=C1CCCCC1Cc1cc(Br)cs1. The predicted molar refractivity (Wildman–Crippen MR) is 62.7 cm³/mol. The third kappa shape index (κ3) is 2.45. The summed E-state index contributed by atoms with van der Waals surface area (Å²) in [5.74, 6) is 0.773. The molecule has 1 aliphatic rings. The highest BCUT2D eigenvalue weighted by atomic mass is 79.9. The van der Waals surface area contributed by atoms with Gasteiger partial charge in [-0.25, -0.2) is 0 Å². The zero-order valence-electron chi connectivity index (χ0n) is 7.96. The Kier molecular flexibility index (Phi) is 3.39. The Morgan fingerprint density at radius 1 is 1.50 bits per heavy atom. The molecule has 1 nitrogen and oxygen atoms in total. The van der Waals surface area contributed by atoms with Gasteiger partial charge >= 0.3 is 0 Å². The van der Waals surface area contributed by atoms with E-state index < -0.39 is 0 Å². The van der Waals surface area contributed by atoms with E-state index in [-0.39, 0.29) is 0 Å². The molecule has 0 spiro atoms.